The third-order valence-corrected chi connectivity index (χ3v) is 3.80. The van der Waals surface area contributed by atoms with Crippen LogP contribution in [0.4, 0.5) is 5.82 Å². The fraction of sp³-hybridized carbons (Fsp3) is 0.600. The van der Waals surface area contributed by atoms with Crippen LogP contribution in [-0.4, -0.2) is 43.0 Å². The molecule has 1 aromatic rings. The first-order valence-corrected chi connectivity index (χ1v) is 7.23. The van der Waals surface area contributed by atoms with Crippen LogP contribution in [-0.2, 0) is 6.54 Å². The summed E-state index contributed by atoms with van der Waals surface area (Å²) in [5.41, 5.74) is 7.23. The summed E-state index contributed by atoms with van der Waals surface area (Å²) >= 11 is 0. The van der Waals surface area contributed by atoms with E-state index in [4.69, 9.17) is 5.73 Å². The van der Waals surface area contributed by atoms with Crippen LogP contribution in [0.15, 0.2) is 23.3 Å². The predicted octanol–water partition coefficient (Wildman–Crippen LogP) is 1.69. The van der Waals surface area contributed by atoms with Gasteiger partial charge in [-0.05, 0) is 36.5 Å². The van der Waals surface area contributed by atoms with Gasteiger partial charge in [-0.2, -0.15) is 0 Å². The largest absolute Gasteiger partial charge is 0.370 e. The Balaban J connectivity index is 1.96. The van der Waals surface area contributed by atoms with Crippen molar-refractivity contribution in [2.45, 2.75) is 26.3 Å². The molecule has 2 N–H and O–H groups in total. The van der Waals surface area contributed by atoms with Crippen molar-refractivity contribution in [2.24, 2.45) is 16.6 Å². The lowest BCUT2D eigenvalue weighted by atomic mass is 10.00. The van der Waals surface area contributed by atoms with Crippen LogP contribution in [0.5, 0.6) is 0 Å². The molecule has 0 aromatic carbocycles. The SMILES string of the molecule is CC1CCN(C(N)=NCc2ccnc(N(C)C)c2)CC1. The second-order valence-electron chi connectivity index (χ2n) is 5.76. The van der Waals surface area contributed by atoms with E-state index in [-0.39, 0.29) is 0 Å². The summed E-state index contributed by atoms with van der Waals surface area (Å²) in [6.45, 7) is 4.96. The molecule has 0 aliphatic carbocycles. The number of piperidine rings is 1. The van der Waals surface area contributed by atoms with Gasteiger partial charge in [0.05, 0.1) is 6.54 Å². The average molecular weight is 275 g/mol. The second kappa shape index (κ2) is 6.59. The molecular weight excluding hydrogens is 250 g/mol. The number of aliphatic imine (C=N–C) groups is 1. The van der Waals surface area contributed by atoms with Crippen molar-refractivity contribution in [3.05, 3.63) is 23.9 Å². The molecule has 2 rings (SSSR count). The van der Waals surface area contributed by atoms with Crippen molar-refractivity contribution in [3.8, 4) is 0 Å². The molecule has 1 aliphatic heterocycles. The Kier molecular flexibility index (Phi) is 4.82. The number of nitrogens with two attached hydrogens (primary N) is 1. The van der Waals surface area contributed by atoms with Crippen LogP contribution in [0.3, 0.4) is 0 Å². The first-order chi connectivity index (χ1) is 9.56. The molecule has 1 aromatic heterocycles. The molecule has 0 saturated carbocycles. The van der Waals surface area contributed by atoms with Crippen LogP contribution in [0.1, 0.15) is 25.3 Å². The van der Waals surface area contributed by atoms with Crippen LogP contribution in [0.2, 0.25) is 0 Å². The van der Waals surface area contributed by atoms with Gasteiger partial charge in [0.2, 0.25) is 0 Å². The molecule has 5 heteroatoms. The van der Waals surface area contributed by atoms with E-state index in [0.29, 0.717) is 12.5 Å². The van der Waals surface area contributed by atoms with Crippen molar-refractivity contribution in [2.75, 3.05) is 32.1 Å². The van der Waals surface area contributed by atoms with Crippen molar-refractivity contribution in [1.82, 2.24) is 9.88 Å². The van der Waals surface area contributed by atoms with Crippen molar-refractivity contribution >= 4 is 11.8 Å². The molecule has 0 unspecified atom stereocenters. The summed E-state index contributed by atoms with van der Waals surface area (Å²) in [6, 6.07) is 4.04. The van der Waals surface area contributed by atoms with Crippen molar-refractivity contribution < 1.29 is 0 Å². The van der Waals surface area contributed by atoms with Gasteiger partial charge < -0.3 is 15.5 Å². The number of rotatable bonds is 3. The Hall–Kier alpha value is -1.78. The molecule has 1 saturated heterocycles. The molecule has 2 heterocycles. The van der Waals surface area contributed by atoms with Gasteiger partial charge in [0.25, 0.3) is 0 Å². The average Bonchev–Trinajstić information content (AvgIpc) is 2.46. The maximum atomic E-state index is 6.09. The van der Waals surface area contributed by atoms with E-state index in [1.807, 2.05) is 31.3 Å². The topological polar surface area (TPSA) is 57.8 Å². The Morgan fingerprint density at radius 1 is 1.45 bits per heavy atom. The fourth-order valence-electron chi connectivity index (χ4n) is 2.31. The zero-order valence-corrected chi connectivity index (χ0v) is 12.7. The van der Waals surface area contributed by atoms with Gasteiger partial charge in [-0.15, -0.1) is 0 Å². The maximum Gasteiger partial charge on any atom is 0.191 e. The Bertz CT molecular complexity index is 461. The molecule has 0 bridgehead atoms. The Morgan fingerprint density at radius 2 is 2.15 bits per heavy atom. The Labute approximate surface area is 121 Å². The van der Waals surface area contributed by atoms with Gasteiger partial charge in [0, 0.05) is 33.4 Å². The number of aromatic nitrogens is 1. The first-order valence-electron chi connectivity index (χ1n) is 7.23. The molecule has 5 nitrogen and oxygen atoms in total. The van der Waals surface area contributed by atoms with Crippen molar-refractivity contribution in [3.63, 3.8) is 0 Å². The van der Waals surface area contributed by atoms with E-state index >= 15 is 0 Å². The first kappa shape index (κ1) is 14.6. The number of pyridine rings is 1. The van der Waals surface area contributed by atoms with E-state index in [9.17, 15) is 0 Å². The van der Waals surface area contributed by atoms with E-state index in [0.717, 1.165) is 30.4 Å². The summed E-state index contributed by atoms with van der Waals surface area (Å²) in [4.78, 5) is 13.0. The molecule has 110 valence electrons. The van der Waals surface area contributed by atoms with Crippen molar-refractivity contribution in [1.29, 1.82) is 0 Å². The zero-order valence-electron chi connectivity index (χ0n) is 12.7. The van der Waals surface area contributed by atoms with Crippen LogP contribution in [0.25, 0.3) is 0 Å². The normalized spacial score (nSPS) is 17.4. The number of anilines is 1. The number of hydrogen-bond donors (Lipinski definition) is 1. The van der Waals surface area contributed by atoms with E-state index in [1.165, 1.54) is 12.8 Å². The number of nitrogens with zero attached hydrogens (tertiary/aromatic N) is 4. The van der Waals surface area contributed by atoms with Crippen LogP contribution < -0.4 is 10.6 Å². The fourth-order valence-corrected chi connectivity index (χ4v) is 2.31. The molecular formula is C15H25N5. The standard InChI is InChI=1S/C15H25N5/c1-12-5-8-20(9-6-12)15(16)18-11-13-4-7-17-14(10-13)19(2)3/h4,7,10,12H,5-6,8-9,11H2,1-3H3,(H2,16,18). The highest BCUT2D eigenvalue weighted by Crippen LogP contribution is 2.16. The number of likely N-dealkylation sites (tertiary alicyclic amines) is 1. The molecule has 1 fully saturated rings. The highest BCUT2D eigenvalue weighted by molar-refractivity contribution is 5.78. The molecule has 0 spiro atoms. The third kappa shape index (κ3) is 3.85. The third-order valence-electron chi connectivity index (χ3n) is 3.80. The quantitative estimate of drug-likeness (QED) is 0.674. The summed E-state index contributed by atoms with van der Waals surface area (Å²) in [6.07, 6.45) is 4.23. The minimum atomic E-state index is 0.612. The van der Waals surface area contributed by atoms with Gasteiger partial charge in [-0.3, -0.25) is 0 Å². The van der Waals surface area contributed by atoms with Crippen LogP contribution in [0, 0.1) is 5.92 Å². The lowest BCUT2D eigenvalue weighted by Gasteiger charge is -2.31. The van der Waals surface area contributed by atoms with E-state index in [2.05, 4.69) is 27.9 Å². The van der Waals surface area contributed by atoms with Gasteiger partial charge in [0.15, 0.2) is 5.96 Å². The van der Waals surface area contributed by atoms with E-state index < -0.39 is 0 Å². The van der Waals surface area contributed by atoms with E-state index in [1.54, 1.807) is 0 Å². The smallest absolute Gasteiger partial charge is 0.191 e. The summed E-state index contributed by atoms with van der Waals surface area (Å²) in [5, 5.41) is 0. The van der Waals surface area contributed by atoms with Gasteiger partial charge in [-0.25, -0.2) is 9.98 Å². The molecule has 0 radical (unpaired) electrons. The van der Waals surface area contributed by atoms with Crippen LogP contribution >= 0.6 is 0 Å². The molecule has 0 amide bonds. The minimum absolute atomic E-state index is 0.612. The zero-order chi connectivity index (χ0) is 14.5. The van der Waals surface area contributed by atoms with Gasteiger partial charge in [0.1, 0.15) is 5.82 Å². The highest BCUT2D eigenvalue weighted by atomic mass is 15.3. The van der Waals surface area contributed by atoms with Gasteiger partial charge in [-0.1, -0.05) is 6.92 Å². The number of guanidine groups is 1. The summed E-state index contributed by atoms with van der Waals surface area (Å²) < 4.78 is 0. The second-order valence-corrected chi connectivity index (χ2v) is 5.76. The monoisotopic (exact) mass is 275 g/mol. The maximum absolute atomic E-state index is 6.09. The minimum Gasteiger partial charge on any atom is -0.370 e. The molecule has 0 atom stereocenters. The molecule has 1 aliphatic rings. The lowest BCUT2D eigenvalue weighted by Crippen LogP contribution is -2.42. The Morgan fingerprint density at radius 3 is 2.80 bits per heavy atom. The molecule has 20 heavy (non-hydrogen) atoms. The number of hydrogen-bond acceptors (Lipinski definition) is 3. The summed E-state index contributed by atoms with van der Waals surface area (Å²) in [7, 11) is 3.97. The lowest BCUT2D eigenvalue weighted by molar-refractivity contribution is 0.277. The van der Waals surface area contributed by atoms with Gasteiger partial charge >= 0.3 is 0 Å². The highest BCUT2D eigenvalue weighted by Gasteiger charge is 2.16. The predicted molar refractivity (Wildman–Crippen MR) is 83.9 cm³/mol. The summed E-state index contributed by atoms with van der Waals surface area (Å²) in [5.74, 6) is 2.42.